The molecule has 0 bridgehead atoms. The van der Waals surface area contributed by atoms with Crippen LogP contribution in [0.2, 0.25) is 0 Å². The van der Waals surface area contributed by atoms with Gasteiger partial charge in [0.2, 0.25) is 18.2 Å². The first kappa shape index (κ1) is 20.3. The van der Waals surface area contributed by atoms with Gasteiger partial charge in [-0.3, -0.25) is 14.4 Å². The number of aryl methyl sites for hydroxylation is 1. The van der Waals surface area contributed by atoms with E-state index in [9.17, 15) is 19.2 Å². The van der Waals surface area contributed by atoms with E-state index < -0.39 is 6.04 Å². The Morgan fingerprint density at radius 3 is 2.60 bits per heavy atom. The van der Waals surface area contributed by atoms with E-state index in [2.05, 4.69) is 10.6 Å². The van der Waals surface area contributed by atoms with E-state index in [1.54, 1.807) is 12.1 Å². The normalized spacial score (nSPS) is 11.3. The van der Waals surface area contributed by atoms with Crippen molar-refractivity contribution in [2.24, 2.45) is 5.73 Å². The summed E-state index contributed by atoms with van der Waals surface area (Å²) in [4.78, 5) is 47.3. The second-order valence-electron chi connectivity index (χ2n) is 5.51. The first-order valence-corrected chi connectivity index (χ1v) is 7.93. The summed E-state index contributed by atoms with van der Waals surface area (Å²) < 4.78 is 0. The lowest BCUT2D eigenvalue weighted by atomic mass is 10.0. The van der Waals surface area contributed by atoms with E-state index in [1.807, 2.05) is 13.0 Å². The molecule has 8 nitrogen and oxygen atoms in total. The van der Waals surface area contributed by atoms with Crippen molar-refractivity contribution >= 4 is 30.2 Å². The number of nitrogens with one attached hydrogen (secondary N) is 2. The second-order valence-corrected chi connectivity index (χ2v) is 5.51. The highest BCUT2D eigenvalue weighted by Gasteiger charge is 2.25. The Hall–Kier alpha value is -2.74. The number of nitrogens with two attached hydrogens (primary N) is 1. The van der Waals surface area contributed by atoms with Crippen LogP contribution in [0, 0.1) is 6.92 Å². The topological polar surface area (TPSA) is 122 Å². The van der Waals surface area contributed by atoms with Gasteiger partial charge in [0.15, 0.2) is 0 Å². The molecule has 8 heteroatoms. The molecule has 1 rings (SSSR count). The molecule has 4 N–H and O–H groups in total. The van der Waals surface area contributed by atoms with Crippen molar-refractivity contribution in [2.45, 2.75) is 32.4 Å². The zero-order chi connectivity index (χ0) is 18.8. The molecule has 0 fully saturated rings. The molecule has 1 aromatic rings. The van der Waals surface area contributed by atoms with Crippen LogP contribution in [0.4, 0.5) is 5.69 Å². The molecular formula is C17H24N4O4. The quantitative estimate of drug-likeness (QED) is 0.512. The lowest BCUT2D eigenvalue weighted by molar-refractivity contribution is -0.133. The van der Waals surface area contributed by atoms with Crippen LogP contribution in [-0.4, -0.2) is 49.0 Å². The summed E-state index contributed by atoms with van der Waals surface area (Å²) in [7, 11) is 1.47. The van der Waals surface area contributed by atoms with Gasteiger partial charge in [0.05, 0.1) is 6.54 Å². The molecule has 3 amide bonds. The molecule has 0 radical (unpaired) electrons. The Morgan fingerprint density at radius 1 is 1.32 bits per heavy atom. The monoisotopic (exact) mass is 348 g/mol. The van der Waals surface area contributed by atoms with E-state index in [0.29, 0.717) is 23.9 Å². The lowest BCUT2D eigenvalue weighted by Crippen LogP contribution is -2.45. The number of hydrogen-bond acceptors (Lipinski definition) is 5. The van der Waals surface area contributed by atoms with Gasteiger partial charge < -0.3 is 26.1 Å². The summed E-state index contributed by atoms with van der Waals surface area (Å²) in [6.45, 7) is 1.80. The third-order valence-electron chi connectivity index (χ3n) is 3.85. The van der Waals surface area contributed by atoms with Gasteiger partial charge in [0, 0.05) is 25.7 Å². The van der Waals surface area contributed by atoms with E-state index in [-0.39, 0.29) is 37.7 Å². The number of carbonyl (C=O) groups is 4. The summed E-state index contributed by atoms with van der Waals surface area (Å²) >= 11 is 0. The third kappa shape index (κ3) is 5.68. The van der Waals surface area contributed by atoms with E-state index in [4.69, 9.17) is 5.73 Å². The van der Waals surface area contributed by atoms with E-state index >= 15 is 0 Å². The van der Waals surface area contributed by atoms with Crippen molar-refractivity contribution < 1.29 is 19.2 Å². The molecule has 25 heavy (non-hydrogen) atoms. The number of hydrogen-bond donors (Lipinski definition) is 3. The third-order valence-corrected chi connectivity index (χ3v) is 3.85. The molecule has 136 valence electrons. The smallest absolute Gasteiger partial charge is 0.242 e. The average Bonchev–Trinajstić information content (AvgIpc) is 2.62. The molecule has 1 aromatic carbocycles. The van der Waals surface area contributed by atoms with Crippen LogP contribution in [0.25, 0.3) is 0 Å². The Bertz CT molecular complexity index is 633. The number of rotatable bonds is 10. The second kappa shape index (κ2) is 10.2. The Balaban J connectivity index is 3.13. The van der Waals surface area contributed by atoms with Gasteiger partial charge in [-0.2, -0.15) is 0 Å². The molecule has 0 aliphatic rings. The van der Waals surface area contributed by atoms with Crippen LogP contribution in [0.15, 0.2) is 18.2 Å². The summed E-state index contributed by atoms with van der Waals surface area (Å²) in [6.07, 6.45) is 1.66. The van der Waals surface area contributed by atoms with Gasteiger partial charge in [-0.05, 0) is 30.5 Å². The maximum Gasteiger partial charge on any atom is 0.242 e. The van der Waals surface area contributed by atoms with Crippen LogP contribution in [0.1, 0.15) is 24.0 Å². The van der Waals surface area contributed by atoms with Crippen LogP contribution >= 0.6 is 0 Å². The SMILES string of the molecule is CNC(=O)C(CCC=O)N(C=O)Cc1c(C)cccc1NC(=O)CN. The van der Waals surface area contributed by atoms with Crippen molar-refractivity contribution in [1.29, 1.82) is 0 Å². The summed E-state index contributed by atoms with van der Waals surface area (Å²) in [5.74, 6) is -0.705. The highest BCUT2D eigenvalue weighted by atomic mass is 16.2. The van der Waals surface area contributed by atoms with Crippen molar-refractivity contribution in [3.05, 3.63) is 29.3 Å². The van der Waals surface area contributed by atoms with Crippen LogP contribution in [0.5, 0.6) is 0 Å². The minimum Gasteiger partial charge on any atom is -0.357 e. The van der Waals surface area contributed by atoms with Crippen molar-refractivity contribution in [3.8, 4) is 0 Å². The average molecular weight is 348 g/mol. The number of likely N-dealkylation sites (N-methyl/N-ethyl adjacent to an activating group) is 1. The fourth-order valence-electron chi connectivity index (χ4n) is 2.47. The fraction of sp³-hybridized carbons (Fsp3) is 0.412. The molecule has 0 saturated heterocycles. The summed E-state index contributed by atoms with van der Waals surface area (Å²) in [6, 6.07) is 4.56. The Morgan fingerprint density at radius 2 is 2.04 bits per heavy atom. The van der Waals surface area contributed by atoms with Gasteiger partial charge in [-0.25, -0.2) is 0 Å². The van der Waals surface area contributed by atoms with Crippen molar-refractivity contribution in [1.82, 2.24) is 10.2 Å². The minimum atomic E-state index is -0.773. The fourth-order valence-corrected chi connectivity index (χ4v) is 2.47. The maximum absolute atomic E-state index is 12.1. The number of carbonyl (C=O) groups excluding carboxylic acids is 4. The predicted octanol–water partition coefficient (Wildman–Crippen LogP) is -0.0557. The molecule has 0 spiro atoms. The zero-order valence-corrected chi connectivity index (χ0v) is 14.5. The van der Waals surface area contributed by atoms with Gasteiger partial charge in [0.1, 0.15) is 12.3 Å². The molecule has 0 aliphatic carbocycles. The molecule has 1 unspecified atom stereocenters. The highest BCUT2D eigenvalue weighted by Crippen LogP contribution is 2.22. The predicted molar refractivity (Wildman–Crippen MR) is 93.6 cm³/mol. The molecule has 1 atom stereocenters. The molecule has 0 saturated carbocycles. The van der Waals surface area contributed by atoms with Gasteiger partial charge in [-0.15, -0.1) is 0 Å². The Kier molecular flexibility index (Phi) is 8.28. The number of anilines is 1. The number of aldehydes is 1. The number of benzene rings is 1. The maximum atomic E-state index is 12.1. The van der Waals surface area contributed by atoms with Crippen LogP contribution < -0.4 is 16.4 Å². The molecule has 0 aromatic heterocycles. The first-order chi connectivity index (χ1) is 12.0. The van der Waals surface area contributed by atoms with Crippen LogP contribution in [-0.2, 0) is 25.7 Å². The Labute approximate surface area is 146 Å². The van der Waals surface area contributed by atoms with Crippen LogP contribution in [0.3, 0.4) is 0 Å². The lowest BCUT2D eigenvalue weighted by Gasteiger charge is -2.28. The number of amides is 3. The largest absolute Gasteiger partial charge is 0.357 e. The van der Waals surface area contributed by atoms with Gasteiger partial charge in [-0.1, -0.05) is 12.1 Å². The minimum absolute atomic E-state index is 0.118. The summed E-state index contributed by atoms with van der Waals surface area (Å²) in [5, 5.41) is 5.20. The zero-order valence-electron chi connectivity index (χ0n) is 14.5. The molecule has 0 aliphatic heterocycles. The van der Waals surface area contributed by atoms with Crippen molar-refractivity contribution in [3.63, 3.8) is 0 Å². The van der Waals surface area contributed by atoms with Gasteiger partial charge in [0.25, 0.3) is 0 Å². The highest BCUT2D eigenvalue weighted by molar-refractivity contribution is 5.93. The molecule has 0 heterocycles. The summed E-state index contributed by atoms with van der Waals surface area (Å²) in [5.41, 5.74) is 7.43. The first-order valence-electron chi connectivity index (χ1n) is 7.93. The molecular weight excluding hydrogens is 324 g/mol. The standard InChI is InChI=1S/C17H24N4O4/c1-12-5-3-6-14(20-16(24)9-18)13(12)10-21(11-23)15(7-4-8-22)17(25)19-2/h3,5-6,8,11,15H,4,7,9-10,18H2,1-2H3,(H,19,25)(H,20,24). The van der Waals surface area contributed by atoms with E-state index in [1.165, 1.54) is 11.9 Å². The number of nitrogens with zero attached hydrogens (tertiary/aromatic N) is 1. The van der Waals surface area contributed by atoms with Crippen molar-refractivity contribution in [2.75, 3.05) is 18.9 Å². The van der Waals surface area contributed by atoms with Gasteiger partial charge >= 0.3 is 0 Å². The van der Waals surface area contributed by atoms with E-state index in [0.717, 1.165) is 5.56 Å².